The average Bonchev–Trinajstić information content (AvgIpc) is 2.50. The van der Waals surface area contributed by atoms with Gasteiger partial charge in [0.05, 0.1) is 5.69 Å². The number of nitrogens with zero attached hydrogens (tertiary/aromatic N) is 1. The van der Waals surface area contributed by atoms with E-state index in [9.17, 15) is 4.79 Å². The number of rotatable bonds is 4. The van der Waals surface area contributed by atoms with Crippen molar-refractivity contribution in [3.05, 3.63) is 17.8 Å². The Kier molecular flexibility index (Phi) is 3.64. The number of nitrogens with two attached hydrogens (primary N) is 1. The second kappa shape index (κ2) is 4.76. The predicted molar refractivity (Wildman–Crippen MR) is 51.8 cm³/mol. The zero-order valence-corrected chi connectivity index (χ0v) is 8.41. The number of aromatic nitrogens is 1. The van der Waals surface area contributed by atoms with Crippen LogP contribution in [-0.2, 0) is 0 Å². The van der Waals surface area contributed by atoms with Gasteiger partial charge in [-0.25, -0.2) is 4.98 Å². The van der Waals surface area contributed by atoms with Crippen molar-refractivity contribution in [2.75, 3.05) is 6.54 Å². The fourth-order valence-corrected chi connectivity index (χ4v) is 1.01. The number of carbonyl (C=O) groups excluding carboxylic acids is 1. The Hall–Kier alpha value is -1.36. The van der Waals surface area contributed by atoms with Gasteiger partial charge in [0.2, 0.25) is 5.76 Å². The van der Waals surface area contributed by atoms with Gasteiger partial charge in [-0.1, -0.05) is 0 Å². The Bertz CT molecular complexity index is 307. The van der Waals surface area contributed by atoms with Crippen LogP contribution < -0.4 is 11.1 Å². The van der Waals surface area contributed by atoms with Crippen molar-refractivity contribution < 1.29 is 9.21 Å². The minimum atomic E-state index is -0.236. The number of carbonyl (C=O) groups is 1. The zero-order chi connectivity index (χ0) is 10.6. The van der Waals surface area contributed by atoms with Gasteiger partial charge < -0.3 is 15.5 Å². The van der Waals surface area contributed by atoms with Crippen LogP contribution in [0.15, 0.2) is 10.8 Å². The van der Waals surface area contributed by atoms with Crippen molar-refractivity contribution in [3.8, 4) is 0 Å². The summed E-state index contributed by atoms with van der Waals surface area (Å²) in [6.07, 6.45) is 2.01. The minimum Gasteiger partial charge on any atom is -0.438 e. The second-order valence-electron chi connectivity index (χ2n) is 3.29. The molecule has 0 saturated heterocycles. The lowest BCUT2D eigenvalue weighted by Gasteiger charge is -2.05. The molecule has 0 radical (unpaired) electrons. The Morgan fingerprint density at radius 1 is 1.79 bits per heavy atom. The monoisotopic (exact) mass is 197 g/mol. The topological polar surface area (TPSA) is 81.2 Å². The Morgan fingerprint density at radius 3 is 3.00 bits per heavy atom. The highest BCUT2D eigenvalue weighted by molar-refractivity contribution is 5.92. The molecule has 78 valence electrons. The number of hydrogen-bond donors (Lipinski definition) is 2. The summed E-state index contributed by atoms with van der Waals surface area (Å²) in [5, 5.41) is 2.70. The van der Waals surface area contributed by atoms with E-state index < -0.39 is 0 Å². The molecule has 0 aliphatic rings. The standard InChI is InChI=1S/C9H15N3O2/c1-6(10)3-4-11-9(13)8-7(2)12-5-14-8/h5-6H,3-4,10H2,1-2H3,(H,11,13). The fraction of sp³-hybridized carbons (Fsp3) is 0.556. The molecule has 0 bridgehead atoms. The highest BCUT2D eigenvalue weighted by Crippen LogP contribution is 2.03. The van der Waals surface area contributed by atoms with E-state index in [-0.39, 0.29) is 17.7 Å². The van der Waals surface area contributed by atoms with E-state index >= 15 is 0 Å². The van der Waals surface area contributed by atoms with E-state index in [1.165, 1.54) is 6.39 Å². The number of amides is 1. The molecular formula is C9H15N3O2. The number of oxazole rings is 1. The molecule has 0 saturated carbocycles. The Morgan fingerprint density at radius 2 is 2.50 bits per heavy atom. The van der Waals surface area contributed by atoms with Gasteiger partial charge in [-0.2, -0.15) is 0 Å². The summed E-state index contributed by atoms with van der Waals surface area (Å²) in [7, 11) is 0. The van der Waals surface area contributed by atoms with Crippen LogP contribution in [0.1, 0.15) is 29.6 Å². The van der Waals surface area contributed by atoms with Crippen LogP contribution in [0, 0.1) is 6.92 Å². The van der Waals surface area contributed by atoms with Crippen LogP contribution >= 0.6 is 0 Å². The van der Waals surface area contributed by atoms with Crippen molar-refractivity contribution in [1.82, 2.24) is 10.3 Å². The van der Waals surface area contributed by atoms with E-state index in [2.05, 4.69) is 10.3 Å². The maximum atomic E-state index is 11.4. The second-order valence-corrected chi connectivity index (χ2v) is 3.29. The summed E-state index contributed by atoms with van der Waals surface area (Å²) in [4.78, 5) is 15.3. The minimum absolute atomic E-state index is 0.0890. The molecule has 0 aliphatic carbocycles. The molecule has 1 rings (SSSR count). The van der Waals surface area contributed by atoms with Crippen LogP contribution in [0.4, 0.5) is 0 Å². The first kappa shape index (κ1) is 10.7. The van der Waals surface area contributed by atoms with Crippen LogP contribution in [-0.4, -0.2) is 23.5 Å². The van der Waals surface area contributed by atoms with Gasteiger partial charge in [0.1, 0.15) is 0 Å². The molecule has 14 heavy (non-hydrogen) atoms. The molecule has 5 heteroatoms. The maximum absolute atomic E-state index is 11.4. The first-order valence-corrected chi connectivity index (χ1v) is 4.55. The van der Waals surface area contributed by atoms with Gasteiger partial charge >= 0.3 is 0 Å². The Labute approximate surface area is 82.7 Å². The van der Waals surface area contributed by atoms with Crippen molar-refractivity contribution in [3.63, 3.8) is 0 Å². The Balaban J connectivity index is 2.40. The van der Waals surface area contributed by atoms with Crippen molar-refractivity contribution in [1.29, 1.82) is 0 Å². The van der Waals surface area contributed by atoms with Gasteiger partial charge in [-0.3, -0.25) is 4.79 Å². The normalized spacial score (nSPS) is 12.5. The van der Waals surface area contributed by atoms with E-state index in [1.807, 2.05) is 6.92 Å². The van der Waals surface area contributed by atoms with Crippen LogP contribution in [0.5, 0.6) is 0 Å². The third kappa shape index (κ3) is 2.85. The predicted octanol–water partition coefficient (Wildman–Crippen LogP) is 0.450. The molecular weight excluding hydrogens is 182 g/mol. The van der Waals surface area contributed by atoms with Crippen LogP contribution in [0.2, 0.25) is 0 Å². The third-order valence-electron chi connectivity index (χ3n) is 1.84. The van der Waals surface area contributed by atoms with Crippen molar-refractivity contribution in [2.45, 2.75) is 26.3 Å². The zero-order valence-electron chi connectivity index (χ0n) is 8.41. The van der Waals surface area contributed by atoms with Crippen molar-refractivity contribution >= 4 is 5.91 Å². The van der Waals surface area contributed by atoms with Crippen LogP contribution in [0.3, 0.4) is 0 Å². The smallest absolute Gasteiger partial charge is 0.288 e. The summed E-state index contributed by atoms with van der Waals surface area (Å²) in [5.74, 6) is 0.0373. The van der Waals surface area contributed by atoms with Gasteiger partial charge in [-0.15, -0.1) is 0 Å². The van der Waals surface area contributed by atoms with Crippen LogP contribution in [0.25, 0.3) is 0 Å². The molecule has 1 unspecified atom stereocenters. The molecule has 1 heterocycles. The summed E-state index contributed by atoms with van der Waals surface area (Å²) >= 11 is 0. The molecule has 0 aliphatic heterocycles. The first-order chi connectivity index (χ1) is 6.61. The maximum Gasteiger partial charge on any atom is 0.288 e. The van der Waals surface area contributed by atoms with E-state index in [1.54, 1.807) is 6.92 Å². The summed E-state index contributed by atoms with van der Waals surface area (Å²) in [6.45, 7) is 4.17. The lowest BCUT2D eigenvalue weighted by molar-refractivity contribution is 0.0924. The van der Waals surface area contributed by atoms with Gasteiger partial charge in [0, 0.05) is 12.6 Å². The van der Waals surface area contributed by atoms with Gasteiger partial charge in [0.25, 0.3) is 5.91 Å². The molecule has 0 spiro atoms. The first-order valence-electron chi connectivity index (χ1n) is 4.55. The lowest BCUT2D eigenvalue weighted by Crippen LogP contribution is -2.29. The molecule has 1 atom stereocenters. The SMILES string of the molecule is Cc1ncoc1C(=O)NCCC(C)N. The lowest BCUT2D eigenvalue weighted by atomic mass is 10.2. The summed E-state index contributed by atoms with van der Waals surface area (Å²) < 4.78 is 4.93. The van der Waals surface area contributed by atoms with Gasteiger partial charge in [0.15, 0.2) is 6.39 Å². The fourth-order valence-electron chi connectivity index (χ4n) is 1.01. The average molecular weight is 197 g/mol. The van der Waals surface area contributed by atoms with E-state index in [4.69, 9.17) is 10.2 Å². The summed E-state index contributed by atoms with van der Waals surface area (Å²) in [6, 6.07) is 0.0890. The molecule has 3 N–H and O–H groups in total. The largest absolute Gasteiger partial charge is 0.438 e. The highest BCUT2D eigenvalue weighted by Gasteiger charge is 2.12. The third-order valence-corrected chi connectivity index (χ3v) is 1.84. The van der Waals surface area contributed by atoms with E-state index in [0.29, 0.717) is 12.2 Å². The molecule has 5 nitrogen and oxygen atoms in total. The number of nitrogens with one attached hydrogen (secondary N) is 1. The molecule has 0 fully saturated rings. The number of aryl methyl sites for hydroxylation is 1. The van der Waals surface area contributed by atoms with Gasteiger partial charge in [-0.05, 0) is 20.3 Å². The molecule has 0 aromatic carbocycles. The highest BCUT2D eigenvalue weighted by atomic mass is 16.3. The summed E-state index contributed by atoms with van der Waals surface area (Å²) in [5.41, 5.74) is 6.14. The van der Waals surface area contributed by atoms with E-state index in [0.717, 1.165) is 6.42 Å². The number of hydrogen-bond acceptors (Lipinski definition) is 4. The van der Waals surface area contributed by atoms with Crippen molar-refractivity contribution in [2.24, 2.45) is 5.73 Å². The molecule has 1 amide bonds. The molecule has 1 aromatic heterocycles. The quantitative estimate of drug-likeness (QED) is 0.734. The molecule has 1 aromatic rings.